The average molecular weight is 257 g/mol. The zero-order chi connectivity index (χ0) is 9.42. The van der Waals surface area contributed by atoms with Gasteiger partial charge in [-0.2, -0.15) is 0 Å². The molecule has 4 heteroatoms. The maximum Gasteiger partial charge on any atom is 0.163 e. The van der Waals surface area contributed by atoms with Crippen molar-refractivity contribution in [3.8, 4) is 5.75 Å². The Balaban J connectivity index is 2.84. The first kappa shape index (κ1) is 8.72. The Bertz CT molecular complexity index is 476. The van der Waals surface area contributed by atoms with Crippen molar-refractivity contribution in [2.45, 2.75) is 0 Å². The zero-order valence-corrected chi connectivity index (χ0v) is 8.85. The highest BCUT2D eigenvalue weighted by atomic mass is 79.9. The molecule has 0 radical (unpaired) electrons. The lowest BCUT2D eigenvalue weighted by molar-refractivity contribution is 0.112. The number of carbonyl (C=O) groups excluding carboxylic acids is 1. The Morgan fingerprint density at radius 2 is 2.23 bits per heavy atom. The van der Waals surface area contributed by atoms with Crippen LogP contribution in [0.4, 0.5) is 0 Å². The largest absolute Gasteiger partial charge is 0.506 e. The number of aldehydes is 1. The van der Waals surface area contributed by atoms with Gasteiger partial charge in [-0.25, -0.2) is 0 Å². The molecule has 2 aromatic rings. The van der Waals surface area contributed by atoms with E-state index in [4.69, 9.17) is 0 Å². The summed E-state index contributed by atoms with van der Waals surface area (Å²) >= 11 is 4.60. The summed E-state index contributed by atoms with van der Waals surface area (Å²) < 4.78 is 1.81. The summed E-state index contributed by atoms with van der Waals surface area (Å²) in [6, 6.07) is 5.55. The predicted molar refractivity (Wildman–Crippen MR) is 56.6 cm³/mol. The molecule has 1 heterocycles. The maximum atomic E-state index is 10.5. The van der Waals surface area contributed by atoms with Gasteiger partial charge >= 0.3 is 0 Å². The van der Waals surface area contributed by atoms with E-state index in [2.05, 4.69) is 15.9 Å². The number of rotatable bonds is 1. The van der Waals surface area contributed by atoms with E-state index in [1.807, 2.05) is 12.1 Å². The molecule has 0 unspecified atom stereocenters. The van der Waals surface area contributed by atoms with Crippen LogP contribution in [0, 0.1) is 0 Å². The molecule has 0 fully saturated rings. The van der Waals surface area contributed by atoms with E-state index in [0.717, 1.165) is 14.6 Å². The van der Waals surface area contributed by atoms with Crippen molar-refractivity contribution < 1.29 is 9.90 Å². The molecule has 0 atom stereocenters. The number of hydrogen-bond acceptors (Lipinski definition) is 3. The molecule has 0 saturated heterocycles. The van der Waals surface area contributed by atoms with Gasteiger partial charge in [0.25, 0.3) is 0 Å². The summed E-state index contributed by atoms with van der Waals surface area (Å²) in [5, 5.41) is 10.3. The first-order valence-corrected chi connectivity index (χ1v) is 5.19. The van der Waals surface area contributed by atoms with Gasteiger partial charge in [0, 0.05) is 14.6 Å². The number of aromatic hydroxyl groups is 1. The molecule has 0 saturated carbocycles. The molecule has 2 rings (SSSR count). The first-order chi connectivity index (χ1) is 6.22. The SMILES string of the molecule is O=Cc1sc2ccc(Br)cc2c1O. The van der Waals surface area contributed by atoms with Gasteiger partial charge in [0.2, 0.25) is 0 Å². The molecule has 1 aromatic heterocycles. The molecular formula is C9H5BrO2S. The Morgan fingerprint density at radius 3 is 2.92 bits per heavy atom. The molecule has 0 aliphatic heterocycles. The van der Waals surface area contributed by atoms with Crippen LogP contribution in [0.1, 0.15) is 9.67 Å². The van der Waals surface area contributed by atoms with E-state index in [-0.39, 0.29) is 5.75 Å². The van der Waals surface area contributed by atoms with E-state index in [1.54, 1.807) is 6.07 Å². The van der Waals surface area contributed by atoms with E-state index in [9.17, 15) is 9.90 Å². The summed E-state index contributed by atoms with van der Waals surface area (Å²) in [4.78, 5) is 10.9. The van der Waals surface area contributed by atoms with Crippen molar-refractivity contribution in [3.63, 3.8) is 0 Å². The van der Waals surface area contributed by atoms with Gasteiger partial charge in [-0.1, -0.05) is 15.9 Å². The minimum Gasteiger partial charge on any atom is -0.506 e. The third-order valence-electron chi connectivity index (χ3n) is 1.76. The van der Waals surface area contributed by atoms with Gasteiger partial charge in [-0.15, -0.1) is 11.3 Å². The van der Waals surface area contributed by atoms with Crippen molar-refractivity contribution in [1.82, 2.24) is 0 Å². The number of halogens is 1. The number of benzene rings is 1. The van der Waals surface area contributed by atoms with Crippen LogP contribution < -0.4 is 0 Å². The maximum absolute atomic E-state index is 10.5. The lowest BCUT2D eigenvalue weighted by Gasteiger charge is -1.91. The van der Waals surface area contributed by atoms with Crippen LogP contribution in [-0.2, 0) is 0 Å². The first-order valence-electron chi connectivity index (χ1n) is 3.58. The monoisotopic (exact) mass is 256 g/mol. The second kappa shape index (κ2) is 3.12. The normalized spacial score (nSPS) is 10.5. The second-order valence-corrected chi connectivity index (χ2v) is 4.57. The quantitative estimate of drug-likeness (QED) is 0.796. The van der Waals surface area contributed by atoms with Crippen molar-refractivity contribution in [2.75, 3.05) is 0 Å². The average Bonchev–Trinajstić information content (AvgIpc) is 2.44. The van der Waals surface area contributed by atoms with E-state index < -0.39 is 0 Å². The summed E-state index contributed by atoms with van der Waals surface area (Å²) in [6.45, 7) is 0. The van der Waals surface area contributed by atoms with Crippen LogP contribution >= 0.6 is 27.3 Å². The molecule has 1 N–H and O–H groups in total. The van der Waals surface area contributed by atoms with Crippen LogP contribution in [0.15, 0.2) is 22.7 Å². The topological polar surface area (TPSA) is 37.3 Å². The molecule has 1 aromatic carbocycles. The van der Waals surface area contributed by atoms with Gasteiger partial charge in [0.1, 0.15) is 10.6 Å². The molecule has 0 aliphatic rings. The summed E-state index contributed by atoms with van der Waals surface area (Å²) in [5.74, 6) is 0.0799. The van der Waals surface area contributed by atoms with Gasteiger partial charge in [0.15, 0.2) is 6.29 Å². The number of fused-ring (bicyclic) bond motifs is 1. The molecular weight excluding hydrogens is 252 g/mol. The van der Waals surface area contributed by atoms with Crippen LogP contribution in [0.5, 0.6) is 5.75 Å². The third-order valence-corrected chi connectivity index (χ3v) is 3.34. The standard InChI is InChI=1S/C9H5BrO2S/c10-5-1-2-7-6(3-5)9(12)8(4-11)13-7/h1-4,12H. The van der Waals surface area contributed by atoms with E-state index in [0.29, 0.717) is 11.2 Å². The Labute approximate surface area is 86.9 Å². The summed E-state index contributed by atoms with van der Waals surface area (Å²) in [7, 11) is 0. The Kier molecular flexibility index (Phi) is 2.09. The van der Waals surface area contributed by atoms with Gasteiger partial charge < -0.3 is 5.11 Å². The Morgan fingerprint density at radius 1 is 1.46 bits per heavy atom. The van der Waals surface area contributed by atoms with Crippen LogP contribution in [0.2, 0.25) is 0 Å². The molecule has 13 heavy (non-hydrogen) atoms. The van der Waals surface area contributed by atoms with Crippen LogP contribution in [0.25, 0.3) is 10.1 Å². The number of thiophene rings is 1. The molecule has 2 nitrogen and oxygen atoms in total. The predicted octanol–water partition coefficient (Wildman–Crippen LogP) is 3.18. The minimum absolute atomic E-state index is 0.0799. The fraction of sp³-hybridized carbons (Fsp3) is 0. The number of hydrogen-bond donors (Lipinski definition) is 1. The molecule has 0 spiro atoms. The van der Waals surface area contributed by atoms with Crippen molar-refractivity contribution >= 4 is 43.6 Å². The highest BCUT2D eigenvalue weighted by Crippen LogP contribution is 2.36. The molecule has 0 amide bonds. The summed E-state index contributed by atoms with van der Waals surface area (Å²) in [6.07, 6.45) is 0.675. The van der Waals surface area contributed by atoms with Gasteiger partial charge in [-0.3, -0.25) is 4.79 Å². The van der Waals surface area contributed by atoms with Crippen molar-refractivity contribution in [2.24, 2.45) is 0 Å². The van der Waals surface area contributed by atoms with E-state index in [1.165, 1.54) is 11.3 Å². The third kappa shape index (κ3) is 1.36. The van der Waals surface area contributed by atoms with Gasteiger partial charge in [0.05, 0.1) is 0 Å². The highest BCUT2D eigenvalue weighted by molar-refractivity contribution is 9.10. The van der Waals surface area contributed by atoms with Crippen molar-refractivity contribution in [3.05, 3.63) is 27.5 Å². The fourth-order valence-electron chi connectivity index (χ4n) is 1.16. The Hall–Kier alpha value is -0.870. The van der Waals surface area contributed by atoms with Crippen LogP contribution in [-0.4, -0.2) is 11.4 Å². The second-order valence-electron chi connectivity index (χ2n) is 2.57. The van der Waals surface area contributed by atoms with Gasteiger partial charge in [-0.05, 0) is 18.2 Å². The number of carbonyl (C=O) groups is 1. The minimum atomic E-state index is 0.0799. The lowest BCUT2D eigenvalue weighted by Crippen LogP contribution is -1.69. The smallest absolute Gasteiger partial charge is 0.163 e. The highest BCUT2D eigenvalue weighted by Gasteiger charge is 2.09. The molecule has 0 bridgehead atoms. The molecule has 0 aliphatic carbocycles. The fourth-order valence-corrected chi connectivity index (χ4v) is 2.41. The lowest BCUT2D eigenvalue weighted by atomic mass is 10.2. The molecule has 66 valence electrons. The zero-order valence-electron chi connectivity index (χ0n) is 6.45. The van der Waals surface area contributed by atoms with Crippen molar-refractivity contribution in [1.29, 1.82) is 0 Å². The summed E-state index contributed by atoms with van der Waals surface area (Å²) in [5.41, 5.74) is 0. The van der Waals surface area contributed by atoms with Crippen LogP contribution in [0.3, 0.4) is 0 Å². The van der Waals surface area contributed by atoms with E-state index >= 15 is 0 Å².